The lowest BCUT2D eigenvalue weighted by Crippen LogP contribution is -2.28. The van der Waals surface area contributed by atoms with Crippen LogP contribution in [0.25, 0.3) is 0 Å². The lowest BCUT2D eigenvalue weighted by Gasteiger charge is -2.27. The molecule has 1 aromatic heterocycles. The number of nitrogens with one attached hydrogen (secondary N) is 1. The summed E-state index contributed by atoms with van der Waals surface area (Å²) < 4.78 is 2.19. The molecule has 3 nitrogen and oxygen atoms in total. The number of hydrogen-bond donors (Lipinski definition) is 1. The van der Waals surface area contributed by atoms with Crippen molar-refractivity contribution >= 4 is 0 Å². The first-order valence-electron chi connectivity index (χ1n) is 5.78. The molecule has 1 heterocycles. The van der Waals surface area contributed by atoms with Crippen LogP contribution < -0.4 is 5.32 Å². The quantitative estimate of drug-likeness (QED) is 0.765. The minimum Gasteiger partial charge on any atom is -0.313 e. The summed E-state index contributed by atoms with van der Waals surface area (Å²) in [6.07, 6.45) is 5.71. The summed E-state index contributed by atoms with van der Waals surface area (Å²) >= 11 is 0. The fourth-order valence-electron chi connectivity index (χ4n) is 2.43. The highest BCUT2D eigenvalue weighted by Crippen LogP contribution is 2.31. The number of aromatic nitrogens is 2. The first kappa shape index (κ1) is 10.7. The minimum atomic E-state index is 0.100. The van der Waals surface area contributed by atoms with Gasteiger partial charge in [-0.05, 0) is 47.1 Å². The Morgan fingerprint density at radius 3 is 2.80 bits per heavy atom. The fraction of sp³-hybridized carbons (Fsp3) is 0.750. The molecule has 1 aliphatic carbocycles. The van der Waals surface area contributed by atoms with Gasteiger partial charge in [-0.15, -0.1) is 0 Å². The van der Waals surface area contributed by atoms with Crippen molar-refractivity contribution in [2.24, 2.45) is 0 Å². The molecule has 15 heavy (non-hydrogen) atoms. The lowest BCUT2D eigenvalue weighted by atomic mass is 9.92. The van der Waals surface area contributed by atoms with Crippen LogP contribution in [-0.4, -0.2) is 16.8 Å². The van der Waals surface area contributed by atoms with Crippen molar-refractivity contribution < 1.29 is 0 Å². The van der Waals surface area contributed by atoms with Crippen LogP contribution in [0.4, 0.5) is 0 Å². The van der Waals surface area contributed by atoms with Crippen LogP contribution in [0.3, 0.4) is 0 Å². The van der Waals surface area contributed by atoms with Gasteiger partial charge in [-0.2, -0.15) is 5.10 Å². The second kappa shape index (κ2) is 3.63. The first-order chi connectivity index (χ1) is 7.04. The Morgan fingerprint density at radius 2 is 2.20 bits per heavy atom. The van der Waals surface area contributed by atoms with Crippen molar-refractivity contribution in [2.45, 2.75) is 51.6 Å². The van der Waals surface area contributed by atoms with Crippen molar-refractivity contribution in [1.29, 1.82) is 0 Å². The second-order valence-corrected chi connectivity index (χ2v) is 5.36. The molecule has 1 aliphatic rings. The SMILES string of the molecule is CNC1CCCc2c1cnn2C(C)(C)C. The van der Waals surface area contributed by atoms with Gasteiger partial charge in [0.1, 0.15) is 0 Å². The molecule has 0 radical (unpaired) electrons. The van der Waals surface area contributed by atoms with Crippen LogP contribution in [0, 0.1) is 0 Å². The number of hydrogen-bond acceptors (Lipinski definition) is 2. The van der Waals surface area contributed by atoms with Gasteiger partial charge in [-0.1, -0.05) is 0 Å². The smallest absolute Gasteiger partial charge is 0.0546 e. The van der Waals surface area contributed by atoms with E-state index in [4.69, 9.17) is 0 Å². The third-order valence-electron chi connectivity index (χ3n) is 3.17. The minimum absolute atomic E-state index is 0.100. The summed E-state index contributed by atoms with van der Waals surface area (Å²) in [7, 11) is 2.04. The topological polar surface area (TPSA) is 29.9 Å². The Hall–Kier alpha value is -0.830. The zero-order valence-corrected chi connectivity index (χ0v) is 10.2. The molecule has 0 aliphatic heterocycles. The molecule has 0 fully saturated rings. The molecule has 0 aromatic carbocycles. The average Bonchev–Trinajstić information content (AvgIpc) is 2.59. The Bertz CT molecular complexity index is 346. The number of fused-ring (bicyclic) bond motifs is 1. The first-order valence-corrected chi connectivity index (χ1v) is 5.78. The third kappa shape index (κ3) is 1.81. The summed E-state index contributed by atoms with van der Waals surface area (Å²) in [5.74, 6) is 0. The molecular formula is C12H21N3. The number of nitrogens with zero attached hydrogens (tertiary/aromatic N) is 2. The van der Waals surface area contributed by atoms with Gasteiger partial charge in [0.25, 0.3) is 0 Å². The zero-order valence-electron chi connectivity index (χ0n) is 10.2. The van der Waals surface area contributed by atoms with Crippen molar-refractivity contribution in [3.8, 4) is 0 Å². The highest BCUT2D eigenvalue weighted by atomic mass is 15.3. The van der Waals surface area contributed by atoms with Gasteiger partial charge in [-0.3, -0.25) is 4.68 Å². The second-order valence-electron chi connectivity index (χ2n) is 5.36. The van der Waals surface area contributed by atoms with Crippen molar-refractivity contribution in [1.82, 2.24) is 15.1 Å². The molecule has 84 valence electrons. The van der Waals surface area contributed by atoms with E-state index in [1.807, 2.05) is 13.2 Å². The highest BCUT2D eigenvalue weighted by molar-refractivity contribution is 5.25. The van der Waals surface area contributed by atoms with Crippen LogP contribution in [0.15, 0.2) is 6.20 Å². The van der Waals surface area contributed by atoms with Crippen LogP contribution in [-0.2, 0) is 12.0 Å². The van der Waals surface area contributed by atoms with Crippen molar-refractivity contribution in [3.05, 3.63) is 17.5 Å². The van der Waals surface area contributed by atoms with E-state index >= 15 is 0 Å². The zero-order chi connectivity index (χ0) is 11.1. The van der Waals surface area contributed by atoms with Crippen molar-refractivity contribution in [3.63, 3.8) is 0 Å². The molecule has 0 spiro atoms. The van der Waals surface area contributed by atoms with E-state index in [2.05, 4.69) is 35.9 Å². The van der Waals surface area contributed by atoms with Crippen LogP contribution >= 0.6 is 0 Å². The van der Waals surface area contributed by atoms with E-state index < -0.39 is 0 Å². The summed E-state index contributed by atoms with van der Waals surface area (Å²) in [5.41, 5.74) is 2.93. The van der Waals surface area contributed by atoms with Crippen LogP contribution in [0.5, 0.6) is 0 Å². The highest BCUT2D eigenvalue weighted by Gasteiger charge is 2.26. The summed E-state index contributed by atoms with van der Waals surface area (Å²) in [6.45, 7) is 6.63. The van der Waals surface area contributed by atoms with E-state index in [1.165, 1.54) is 30.5 Å². The fourth-order valence-corrected chi connectivity index (χ4v) is 2.43. The average molecular weight is 207 g/mol. The molecule has 0 saturated heterocycles. The predicted molar refractivity (Wildman–Crippen MR) is 62.0 cm³/mol. The molecule has 0 amide bonds. The van der Waals surface area contributed by atoms with Gasteiger partial charge < -0.3 is 5.32 Å². The van der Waals surface area contributed by atoms with Gasteiger partial charge >= 0.3 is 0 Å². The molecule has 0 bridgehead atoms. The summed E-state index contributed by atoms with van der Waals surface area (Å²) in [5, 5.41) is 7.92. The molecule has 1 unspecified atom stereocenters. The molecule has 1 atom stereocenters. The van der Waals surface area contributed by atoms with E-state index in [-0.39, 0.29) is 5.54 Å². The van der Waals surface area contributed by atoms with Crippen LogP contribution in [0.1, 0.15) is 50.9 Å². The van der Waals surface area contributed by atoms with Crippen LogP contribution in [0.2, 0.25) is 0 Å². The van der Waals surface area contributed by atoms with Gasteiger partial charge in [0.05, 0.1) is 11.7 Å². The predicted octanol–water partition coefficient (Wildman–Crippen LogP) is 2.23. The maximum Gasteiger partial charge on any atom is 0.0546 e. The monoisotopic (exact) mass is 207 g/mol. The Kier molecular flexibility index (Phi) is 2.59. The molecule has 0 saturated carbocycles. The largest absolute Gasteiger partial charge is 0.313 e. The number of rotatable bonds is 1. The maximum atomic E-state index is 4.54. The van der Waals surface area contributed by atoms with E-state index in [9.17, 15) is 0 Å². The normalized spacial score (nSPS) is 21.5. The van der Waals surface area contributed by atoms with Gasteiger partial charge in [-0.25, -0.2) is 0 Å². The van der Waals surface area contributed by atoms with Gasteiger partial charge in [0, 0.05) is 17.3 Å². The molecular weight excluding hydrogens is 186 g/mol. The molecule has 1 N–H and O–H groups in total. The molecule has 3 heteroatoms. The summed E-state index contributed by atoms with van der Waals surface area (Å²) in [6, 6.07) is 0.504. The molecule has 2 rings (SSSR count). The maximum absolute atomic E-state index is 4.54. The third-order valence-corrected chi connectivity index (χ3v) is 3.17. The van der Waals surface area contributed by atoms with Crippen molar-refractivity contribution in [2.75, 3.05) is 7.05 Å². The van der Waals surface area contributed by atoms with E-state index in [0.717, 1.165) is 0 Å². The summed E-state index contributed by atoms with van der Waals surface area (Å²) in [4.78, 5) is 0. The van der Waals surface area contributed by atoms with E-state index in [0.29, 0.717) is 6.04 Å². The Labute approximate surface area is 91.9 Å². The van der Waals surface area contributed by atoms with Gasteiger partial charge in [0.2, 0.25) is 0 Å². The lowest BCUT2D eigenvalue weighted by molar-refractivity contribution is 0.335. The van der Waals surface area contributed by atoms with E-state index in [1.54, 1.807) is 0 Å². The molecule has 1 aromatic rings. The Balaban J connectivity index is 2.42. The Morgan fingerprint density at radius 1 is 1.47 bits per heavy atom. The van der Waals surface area contributed by atoms with Gasteiger partial charge in [0.15, 0.2) is 0 Å². The standard InChI is InChI=1S/C12H21N3/c1-12(2,3)15-11-7-5-6-10(13-4)9(11)8-14-15/h8,10,13H,5-7H2,1-4H3.